The molecule has 0 heterocycles. The predicted octanol–water partition coefficient (Wildman–Crippen LogP) is 0.326. The molecule has 0 fully saturated rings. The zero-order chi connectivity index (χ0) is 7.71. The molecule has 0 unspecified atom stereocenters. The highest BCUT2D eigenvalue weighted by Gasteiger charge is 2.35. The van der Waals surface area contributed by atoms with Gasteiger partial charge in [0, 0.05) is 0 Å². The van der Waals surface area contributed by atoms with Gasteiger partial charge >= 0.3 is 16.8 Å². The molecule has 0 bridgehead atoms. The van der Waals surface area contributed by atoms with Gasteiger partial charge in [-0.25, -0.2) is 0 Å². The first-order chi connectivity index (χ1) is 3.71. The zero-order valence-electron chi connectivity index (χ0n) is 3.71. The van der Waals surface area contributed by atoms with Crippen molar-refractivity contribution in [1.82, 2.24) is 0 Å². The van der Waals surface area contributed by atoms with E-state index in [1.807, 2.05) is 0 Å². The first-order valence-corrected chi connectivity index (χ1v) is 2.82. The highest BCUT2D eigenvalue weighted by molar-refractivity contribution is 7.80. The summed E-state index contributed by atoms with van der Waals surface area (Å²) in [6.45, 7) is 0. The van der Waals surface area contributed by atoms with Crippen molar-refractivity contribution in [2.24, 2.45) is 0 Å². The average Bonchev–Trinajstić information content (AvgIpc) is 1.14. The van der Waals surface area contributed by atoms with E-state index in [2.05, 4.69) is 4.18 Å². The van der Waals surface area contributed by atoms with Crippen LogP contribution in [0.15, 0.2) is 0 Å². The van der Waals surface area contributed by atoms with Crippen molar-refractivity contribution in [2.45, 2.75) is 6.36 Å². The fraction of sp³-hybridized carbons (Fsp3) is 1.00. The molecular weight excluding hydrogens is 165 g/mol. The van der Waals surface area contributed by atoms with E-state index in [-0.39, 0.29) is 0 Å². The summed E-state index contributed by atoms with van der Waals surface area (Å²) in [5.41, 5.74) is 0. The van der Waals surface area contributed by atoms with Gasteiger partial charge in [0.2, 0.25) is 0 Å². The van der Waals surface area contributed by atoms with E-state index in [4.69, 9.17) is 4.55 Å². The lowest BCUT2D eigenvalue weighted by atomic mass is 11.4. The molecule has 0 aromatic carbocycles. The first kappa shape index (κ1) is 8.66. The normalized spacial score (nSPS) is 13.8. The van der Waals surface area contributed by atoms with E-state index in [0.717, 1.165) is 0 Å². The van der Waals surface area contributed by atoms with Crippen molar-refractivity contribution in [1.29, 1.82) is 0 Å². The summed E-state index contributed by atoms with van der Waals surface area (Å²) in [7, 11) is -5.41. The second kappa shape index (κ2) is 2.12. The Balaban J connectivity index is 4.07. The minimum atomic E-state index is -5.41. The fourth-order valence-corrected chi connectivity index (χ4v) is 0.358. The van der Waals surface area contributed by atoms with Gasteiger partial charge in [-0.2, -0.15) is 8.42 Å². The van der Waals surface area contributed by atoms with E-state index in [0.29, 0.717) is 0 Å². The van der Waals surface area contributed by atoms with Gasteiger partial charge in [0.1, 0.15) is 0 Å². The third-order valence-electron chi connectivity index (χ3n) is 0.200. The van der Waals surface area contributed by atoms with E-state index >= 15 is 0 Å². The van der Waals surface area contributed by atoms with Gasteiger partial charge < -0.3 is 0 Å². The predicted molar refractivity (Wildman–Crippen MR) is 18.7 cm³/mol. The molecule has 0 saturated carbocycles. The number of halogens is 3. The van der Waals surface area contributed by atoms with Crippen LogP contribution in [-0.2, 0) is 14.6 Å². The lowest BCUT2D eigenvalue weighted by Gasteiger charge is -2.00. The maximum atomic E-state index is 10.8. The molecule has 0 aliphatic rings. The quantitative estimate of drug-likeness (QED) is 0.570. The SMILES string of the molecule is O=S(=O)(O)OC(F)(F)F. The molecule has 1 N–H and O–H groups in total. The van der Waals surface area contributed by atoms with E-state index in [9.17, 15) is 21.6 Å². The van der Waals surface area contributed by atoms with Crippen molar-refractivity contribution in [3.63, 3.8) is 0 Å². The lowest BCUT2D eigenvalue weighted by Crippen LogP contribution is -2.18. The summed E-state index contributed by atoms with van der Waals surface area (Å²) < 4.78 is 60.4. The van der Waals surface area contributed by atoms with Gasteiger partial charge in [-0.1, -0.05) is 0 Å². The van der Waals surface area contributed by atoms with Crippen LogP contribution in [0.4, 0.5) is 13.2 Å². The molecule has 56 valence electrons. The van der Waals surface area contributed by atoms with Crippen LogP contribution < -0.4 is 0 Å². The fourth-order valence-electron chi connectivity index (χ4n) is 0.119. The molecule has 4 nitrogen and oxygen atoms in total. The highest BCUT2D eigenvalue weighted by Crippen LogP contribution is 2.17. The molecule has 8 heteroatoms. The molecule has 0 radical (unpaired) electrons. The van der Waals surface area contributed by atoms with Gasteiger partial charge in [0.15, 0.2) is 0 Å². The molecule has 0 aromatic heterocycles. The van der Waals surface area contributed by atoms with Gasteiger partial charge in [0.05, 0.1) is 0 Å². The summed E-state index contributed by atoms with van der Waals surface area (Å²) in [6, 6.07) is 0. The molecule has 0 aromatic rings. The van der Waals surface area contributed by atoms with Crippen molar-refractivity contribution in [2.75, 3.05) is 0 Å². The van der Waals surface area contributed by atoms with Gasteiger partial charge in [0.25, 0.3) is 0 Å². The van der Waals surface area contributed by atoms with Crippen LogP contribution in [0.25, 0.3) is 0 Å². The smallest absolute Gasteiger partial charge is 0.263 e. The molecule has 0 aliphatic heterocycles. The maximum absolute atomic E-state index is 10.8. The van der Waals surface area contributed by atoms with Crippen molar-refractivity contribution in [3.8, 4) is 0 Å². The average molecular weight is 166 g/mol. The van der Waals surface area contributed by atoms with Gasteiger partial charge in [-0.15, -0.1) is 17.4 Å². The summed E-state index contributed by atoms with van der Waals surface area (Å²) in [5, 5.41) is 0. The van der Waals surface area contributed by atoms with Crippen LogP contribution in [0.5, 0.6) is 0 Å². The highest BCUT2D eigenvalue weighted by atomic mass is 32.3. The van der Waals surface area contributed by atoms with Crippen LogP contribution in [-0.4, -0.2) is 19.3 Å². The summed E-state index contributed by atoms with van der Waals surface area (Å²) in [6.07, 6.45) is -5.35. The molecular formula is CHF3O4S. The molecule has 0 aliphatic carbocycles. The number of hydrogen-bond acceptors (Lipinski definition) is 3. The second-order valence-electron chi connectivity index (χ2n) is 0.957. The van der Waals surface area contributed by atoms with Crippen molar-refractivity contribution >= 4 is 10.4 Å². The molecule has 9 heavy (non-hydrogen) atoms. The van der Waals surface area contributed by atoms with Crippen LogP contribution in [0, 0.1) is 0 Å². The third-order valence-corrected chi connectivity index (χ3v) is 0.599. The number of hydrogen-bond donors (Lipinski definition) is 1. The molecule has 0 spiro atoms. The summed E-state index contributed by atoms with van der Waals surface area (Å²) >= 11 is 0. The summed E-state index contributed by atoms with van der Waals surface area (Å²) in [5.74, 6) is 0. The molecule has 0 saturated heterocycles. The Labute approximate surface area is 48.2 Å². The van der Waals surface area contributed by atoms with Crippen molar-refractivity contribution < 1.29 is 30.3 Å². The van der Waals surface area contributed by atoms with Crippen molar-refractivity contribution in [3.05, 3.63) is 0 Å². The van der Waals surface area contributed by atoms with Crippen LogP contribution in [0.3, 0.4) is 0 Å². The Bertz CT molecular complexity index is 176. The minimum absolute atomic E-state index is 2.15. The van der Waals surface area contributed by atoms with Crippen LogP contribution in [0.1, 0.15) is 0 Å². The van der Waals surface area contributed by atoms with Crippen LogP contribution in [0.2, 0.25) is 0 Å². The van der Waals surface area contributed by atoms with E-state index in [1.54, 1.807) is 0 Å². The standard InChI is InChI=1S/CHF3O4S/c2-1(3,4)8-9(5,6)7/h(H,5,6,7). The van der Waals surface area contributed by atoms with E-state index in [1.165, 1.54) is 0 Å². The maximum Gasteiger partial charge on any atom is 0.538 e. The monoisotopic (exact) mass is 166 g/mol. The Morgan fingerprint density at radius 3 is 1.67 bits per heavy atom. The molecule has 0 amide bonds. The lowest BCUT2D eigenvalue weighted by molar-refractivity contribution is -0.274. The van der Waals surface area contributed by atoms with Gasteiger partial charge in [-0.05, 0) is 0 Å². The van der Waals surface area contributed by atoms with E-state index < -0.39 is 16.8 Å². The minimum Gasteiger partial charge on any atom is -0.263 e. The third kappa shape index (κ3) is 7.66. The second-order valence-corrected chi connectivity index (χ2v) is 1.98. The van der Waals surface area contributed by atoms with Crippen LogP contribution >= 0.6 is 0 Å². The number of rotatable bonds is 1. The zero-order valence-corrected chi connectivity index (χ0v) is 4.53. The number of alkyl halides is 3. The Morgan fingerprint density at radius 2 is 1.67 bits per heavy atom. The Morgan fingerprint density at radius 1 is 1.33 bits per heavy atom. The topological polar surface area (TPSA) is 63.6 Å². The van der Waals surface area contributed by atoms with Gasteiger partial charge in [-0.3, -0.25) is 4.55 Å². The Hall–Kier alpha value is -0.340. The molecule has 0 atom stereocenters. The molecule has 0 rings (SSSR count). The summed E-state index contributed by atoms with van der Waals surface area (Å²) in [4.78, 5) is 0. The Kier molecular flexibility index (Phi) is 2.04. The largest absolute Gasteiger partial charge is 0.538 e. The first-order valence-electron chi connectivity index (χ1n) is 1.45.